The van der Waals surface area contributed by atoms with Gasteiger partial charge >= 0.3 is 0 Å². The van der Waals surface area contributed by atoms with E-state index in [0.29, 0.717) is 13.1 Å². The quantitative estimate of drug-likeness (QED) is 0.757. The van der Waals surface area contributed by atoms with Gasteiger partial charge in [0.25, 0.3) is 0 Å². The van der Waals surface area contributed by atoms with Crippen molar-refractivity contribution in [2.45, 2.75) is 12.8 Å². The predicted molar refractivity (Wildman–Crippen MR) is 69.5 cm³/mol. The summed E-state index contributed by atoms with van der Waals surface area (Å²) < 4.78 is 0. The molecule has 19 heavy (non-hydrogen) atoms. The number of rotatable bonds is 4. The normalized spacial score (nSPS) is 15.4. The number of benzene rings is 1. The van der Waals surface area contributed by atoms with Crippen LogP contribution in [0.3, 0.4) is 0 Å². The van der Waals surface area contributed by atoms with Crippen molar-refractivity contribution in [3.63, 3.8) is 0 Å². The molecule has 1 aromatic carbocycles. The van der Waals surface area contributed by atoms with Crippen LogP contribution in [0.15, 0.2) is 30.3 Å². The van der Waals surface area contributed by atoms with Crippen molar-refractivity contribution in [2.24, 2.45) is 0 Å². The molecule has 0 N–H and O–H groups in total. The number of carboxylic acid groups (broad SMARTS) is 1. The first kappa shape index (κ1) is 13.4. The SMILES string of the molecule is O=C([O-])CCC(=O)N1CCN(c2ccccc2)CC1. The van der Waals surface area contributed by atoms with Gasteiger partial charge in [-0.3, -0.25) is 4.79 Å². The largest absolute Gasteiger partial charge is 0.550 e. The van der Waals surface area contributed by atoms with Crippen molar-refractivity contribution in [1.29, 1.82) is 0 Å². The summed E-state index contributed by atoms with van der Waals surface area (Å²) in [6.07, 6.45) is -0.161. The van der Waals surface area contributed by atoms with Crippen LogP contribution in [0.4, 0.5) is 5.69 Å². The van der Waals surface area contributed by atoms with Crippen LogP contribution in [-0.4, -0.2) is 43.0 Å². The Hall–Kier alpha value is -2.04. The van der Waals surface area contributed by atoms with Crippen molar-refractivity contribution in [1.82, 2.24) is 4.90 Å². The maximum atomic E-state index is 11.8. The van der Waals surface area contributed by atoms with Gasteiger partial charge in [0, 0.05) is 44.3 Å². The van der Waals surface area contributed by atoms with Gasteiger partial charge in [0.2, 0.25) is 5.91 Å². The fraction of sp³-hybridized carbons (Fsp3) is 0.429. The van der Waals surface area contributed by atoms with Crippen LogP contribution < -0.4 is 10.0 Å². The zero-order valence-electron chi connectivity index (χ0n) is 10.7. The Balaban J connectivity index is 1.82. The molecule has 0 atom stereocenters. The number of hydrogen-bond donors (Lipinski definition) is 0. The lowest BCUT2D eigenvalue weighted by Crippen LogP contribution is -2.49. The summed E-state index contributed by atoms with van der Waals surface area (Å²) >= 11 is 0. The van der Waals surface area contributed by atoms with E-state index in [1.165, 1.54) is 0 Å². The standard InChI is InChI=1S/C14H18N2O3/c17-13(6-7-14(18)19)16-10-8-15(9-11-16)12-4-2-1-3-5-12/h1-5H,6-11H2,(H,18,19)/p-1. The van der Waals surface area contributed by atoms with Crippen molar-refractivity contribution in [3.8, 4) is 0 Å². The molecule has 102 valence electrons. The molecule has 1 aliphatic rings. The van der Waals surface area contributed by atoms with Crippen LogP contribution in [0.5, 0.6) is 0 Å². The highest BCUT2D eigenvalue weighted by molar-refractivity contribution is 5.80. The third kappa shape index (κ3) is 3.71. The van der Waals surface area contributed by atoms with Gasteiger partial charge in [-0.25, -0.2) is 0 Å². The van der Waals surface area contributed by atoms with Crippen LogP contribution in [0, 0.1) is 0 Å². The average molecular weight is 261 g/mol. The van der Waals surface area contributed by atoms with Crippen LogP contribution in [-0.2, 0) is 9.59 Å². The second-order valence-electron chi connectivity index (χ2n) is 4.58. The maximum absolute atomic E-state index is 11.8. The number of para-hydroxylation sites is 1. The van der Waals surface area contributed by atoms with Gasteiger partial charge in [-0.05, 0) is 18.6 Å². The fourth-order valence-corrected chi connectivity index (χ4v) is 2.22. The second-order valence-corrected chi connectivity index (χ2v) is 4.58. The summed E-state index contributed by atoms with van der Waals surface area (Å²) in [7, 11) is 0. The molecule has 2 rings (SSSR count). The van der Waals surface area contributed by atoms with Gasteiger partial charge in [-0.2, -0.15) is 0 Å². The van der Waals surface area contributed by atoms with Gasteiger partial charge in [0.15, 0.2) is 0 Å². The van der Waals surface area contributed by atoms with E-state index < -0.39 is 5.97 Å². The molecule has 1 fully saturated rings. The third-order valence-corrected chi connectivity index (χ3v) is 3.30. The first-order valence-corrected chi connectivity index (χ1v) is 6.44. The number of amides is 1. The Morgan fingerprint density at radius 2 is 1.63 bits per heavy atom. The second kappa shape index (κ2) is 6.22. The number of nitrogens with zero attached hydrogens (tertiary/aromatic N) is 2. The average Bonchev–Trinajstić information content (AvgIpc) is 2.46. The molecule has 1 amide bonds. The summed E-state index contributed by atoms with van der Waals surface area (Å²) in [5, 5.41) is 10.3. The van der Waals surface area contributed by atoms with E-state index in [1.807, 2.05) is 30.3 Å². The molecular weight excluding hydrogens is 244 g/mol. The minimum atomic E-state index is -1.17. The third-order valence-electron chi connectivity index (χ3n) is 3.30. The minimum Gasteiger partial charge on any atom is -0.550 e. The molecule has 0 aromatic heterocycles. The number of anilines is 1. The van der Waals surface area contributed by atoms with Crippen LogP contribution >= 0.6 is 0 Å². The molecule has 0 spiro atoms. The van der Waals surface area contributed by atoms with E-state index in [9.17, 15) is 14.7 Å². The Bertz CT molecular complexity index is 439. The molecular formula is C14H17N2O3-. The topological polar surface area (TPSA) is 63.7 Å². The van der Waals surface area contributed by atoms with Gasteiger partial charge in [-0.15, -0.1) is 0 Å². The number of aliphatic carboxylic acids is 1. The van der Waals surface area contributed by atoms with E-state index in [-0.39, 0.29) is 18.7 Å². The van der Waals surface area contributed by atoms with Crippen LogP contribution in [0.1, 0.15) is 12.8 Å². The lowest BCUT2D eigenvalue weighted by molar-refractivity contribution is -0.305. The first-order chi connectivity index (χ1) is 9.16. The molecule has 1 aromatic rings. The minimum absolute atomic E-state index is 0.0354. The summed E-state index contributed by atoms with van der Waals surface area (Å²) in [5.74, 6) is -1.27. The highest BCUT2D eigenvalue weighted by Crippen LogP contribution is 2.15. The molecule has 0 saturated carbocycles. The van der Waals surface area contributed by atoms with Crippen molar-refractivity contribution in [3.05, 3.63) is 30.3 Å². The predicted octanol–water partition coefficient (Wildman–Crippen LogP) is -0.135. The van der Waals surface area contributed by atoms with Gasteiger partial charge in [0.05, 0.1) is 0 Å². The molecule has 0 aliphatic carbocycles. The molecule has 5 nitrogen and oxygen atoms in total. The molecule has 0 bridgehead atoms. The summed E-state index contributed by atoms with van der Waals surface area (Å²) in [5.41, 5.74) is 1.16. The van der Waals surface area contributed by atoms with Gasteiger partial charge in [-0.1, -0.05) is 18.2 Å². The Labute approximate surface area is 112 Å². The summed E-state index contributed by atoms with van der Waals surface area (Å²) in [6, 6.07) is 10.1. The molecule has 0 unspecified atom stereocenters. The lowest BCUT2D eigenvalue weighted by Gasteiger charge is -2.36. The number of carbonyl (C=O) groups is 2. The number of hydrogen-bond acceptors (Lipinski definition) is 4. The highest BCUT2D eigenvalue weighted by Gasteiger charge is 2.20. The van der Waals surface area contributed by atoms with E-state index in [4.69, 9.17) is 0 Å². The number of piperazine rings is 1. The zero-order chi connectivity index (χ0) is 13.7. The number of carboxylic acids is 1. The highest BCUT2D eigenvalue weighted by atomic mass is 16.4. The smallest absolute Gasteiger partial charge is 0.223 e. The van der Waals surface area contributed by atoms with Gasteiger partial charge in [0.1, 0.15) is 0 Å². The fourth-order valence-electron chi connectivity index (χ4n) is 2.22. The summed E-state index contributed by atoms with van der Waals surface area (Å²) in [4.78, 5) is 26.0. The van der Waals surface area contributed by atoms with E-state index in [0.717, 1.165) is 18.8 Å². The van der Waals surface area contributed by atoms with Crippen molar-refractivity contribution >= 4 is 17.6 Å². The Kier molecular flexibility index (Phi) is 4.39. The molecule has 1 saturated heterocycles. The maximum Gasteiger partial charge on any atom is 0.223 e. The van der Waals surface area contributed by atoms with E-state index in [2.05, 4.69) is 4.90 Å². The number of carbonyl (C=O) groups excluding carboxylic acids is 2. The van der Waals surface area contributed by atoms with E-state index >= 15 is 0 Å². The molecule has 1 heterocycles. The molecule has 0 radical (unpaired) electrons. The van der Waals surface area contributed by atoms with Crippen molar-refractivity contribution < 1.29 is 14.7 Å². The first-order valence-electron chi connectivity index (χ1n) is 6.44. The van der Waals surface area contributed by atoms with Crippen molar-refractivity contribution in [2.75, 3.05) is 31.1 Å². The van der Waals surface area contributed by atoms with Crippen LogP contribution in [0.2, 0.25) is 0 Å². The molecule has 5 heteroatoms. The monoisotopic (exact) mass is 261 g/mol. The lowest BCUT2D eigenvalue weighted by atomic mass is 10.2. The summed E-state index contributed by atoms with van der Waals surface area (Å²) in [6.45, 7) is 2.84. The molecule has 1 aliphatic heterocycles. The Morgan fingerprint density at radius 3 is 2.21 bits per heavy atom. The zero-order valence-corrected chi connectivity index (χ0v) is 10.7. The Morgan fingerprint density at radius 1 is 1.00 bits per heavy atom. The van der Waals surface area contributed by atoms with Crippen LogP contribution in [0.25, 0.3) is 0 Å². The van der Waals surface area contributed by atoms with E-state index in [1.54, 1.807) is 4.90 Å². The van der Waals surface area contributed by atoms with Gasteiger partial charge < -0.3 is 19.7 Å².